The van der Waals surface area contributed by atoms with Crippen LogP contribution < -0.4 is 0 Å². The summed E-state index contributed by atoms with van der Waals surface area (Å²) in [7, 11) is 0. The summed E-state index contributed by atoms with van der Waals surface area (Å²) in [5.41, 5.74) is 0.810. The number of hydrogen-bond donors (Lipinski definition) is 1. The zero-order valence-corrected chi connectivity index (χ0v) is 12.5. The van der Waals surface area contributed by atoms with Crippen LogP contribution in [0.3, 0.4) is 0 Å². The number of benzene rings is 1. The molecule has 0 radical (unpaired) electrons. The topological polar surface area (TPSA) is 40.5 Å². The van der Waals surface area contributed by atoms with E-state index in [1.165, 1.54) is 0 Å². The van der Waals surface area contributed by atoms with Crippen molar-refractivity contribution >= 4 is 40.8 Å². The van der Waals surface area contributed by atoms with Crippen LogP contribution in [0.15, 0.2) is 12.1 Å². The van der Waals surface area contributed by atoms with Crippen molar-refractivity contribution in [3.05, 3.63) is 32.8 Å². The average Bonchev–Trinajstić information content (AvgIpc) is 2.40. The first-order valence-corrected chi connectivity index (χ1v) is 7.20. The third kappa shape index (κ3) is 3.54. The molecule has 1 aromatic rings. The molecule has 0 bridgehead atoms. The van der Waals surface area contributed by atoms with Crippen molar-refractivity contribution in [1.82, 2.24) is 4.90 Å². The van der Waals surface area contributed by atoms with E-state index in [-0.39, 0.29) is 5.92 Å². The Morgan fingerprint density at radius 2 is 1.79 bits per heavy atom. The van der Waals surface area contributed by atoms with E-state index >= 15 is 0 Å². The highest BCUT2D eigenvalue weighted by atomic mass is 35.5. The molecule has 0 aromatic heterocycles. The number of likely N-dealkylation sites (tertiary alicyclic amines) is 1. The minimum absolute atomic E-state index is 0.235. The number of carboxylic acid groups (broad SMARTS) is 1. The average molecular weight is 323 g/mol. The summed E-state index contributed by atoms with van der Waals surface area (Å²) < 4.78 is 0. The summed E-state index contributed by atoms with van der Waals surface area (Å²) in [6.07, 6.45) is 1.32. The predicted molar refractivity (Wildman–Crippen MR) is 77.1 cm³/mol. The zero-order chi connectivity index (χ0) is 14.0. The van der Waals surface area contributed by atoms with Gasteiger partial charge in [0.25, 0.3) is 0 Å². The lowest BCUT2D eigenvalue weighted by atomic mass is 9.97. The Kier molecular flexibility index (Phi) is 4.96. The van der Waals surface area contributed by atoms with Crippen LogP contribution in [0.2, 0.25) is 15.1 Å². The molecule has 1 N–H and O–H groups in total. The summed E-state index contributed by atoms with van der Waals surface area (Å²) in [5.74, 6) is -0.944. The maximum atomic E-state index is 10.9. The van der Waals surface area contributed by atoms with Gasteiger partial charge in [0.1, 0.15) is 0 Å². The Hall–Kier alpha value is -0.480. The van der Waals surface area contributed by atoms with Crippen LogP contribution in [0.4, 0.5) is 0 Å². The number of aliphatic carboxylic acids is 1. The lowest BCUT2D eigenvalue weighted by molar-refractivity contribution is -0.143. The monoisotopic (exact) mass is 321 g/mol. The highest BCUT2D eigenvalue weighted by molar-refractivity contribution is 6.44. The second kappa shape index (κ2) is 6.31. The highest BCUT2D eigenvalue weighted by Gasteiger charge is 2.25. The van der Waals surface area contributed by atoms with E-state index in [0.29, 0.717) is 34.5 Å². The van der Waals surface area contributed by atoms with Crippen molar-refractivity contribution in [1.29, 1.82) is 0 Å². The SMILES string of the molecule is O=C(O)C1CCN(Cc2c(Cl)ccc(Cl)c2Cl)CC1. The Balaban J connectivity index is 2.04. The molecule has 0 aliphatic carbocycles. The van der Waals surface area contributed by atoms with E-state index in [0.717, 1.165) is 18.7 Å². The van der Waals surface area contributed by atoms with Crippen LogP contribution in [0.5, 0.6) is 0 Å². The number of rotatable bonds is 3. The highest BCUT2D eigenvalue weighted by Crippen LogP contribution is 2.33. The van der Waals surface area contributed by atoms with E-state index in [9.17, 15) is 4.79 Å². The molecule has 1 saturated heterocycles. The fraction of sp³-hybridized carbons (Fsp3) is 0.462. The molecule has 1 aliphatic heterocycles. The van der Waals surface area contributed by atoms with Crippen molar-refractivity contribution < 1.29 is 9.90 Å². The van der Waals surface area contributed by atoms with Gasteiger partial charge in [-0.15, -0.1) is 0 Å². The molecule has 1 heterocycles. The van der Waals surface area contributed by atoms with Crippen molar-refractivity contribution in [3.63, 3.8) is 0 Å². The molecule has 0 saturated carbocycles. The second-order valence-electron chi connectivity index (χ2n) is 4.71. The van der Waals surface area contributed by atoms with Crippen LogP contribution in [0.1, 0.15) is 18.4 Å². The number of piperidine rings is 1. The van der Waals surface area contributed by atoms with Crippen LogP contribution in [0.25, 0.3) is 0 Å². The standard InChI is InChI=1S/C13H14Cl3NO2/c14-10-1-2-11(15)12(16)9(10)7-17-5-3-8(4-6-17)13(18)19/h1-2,8H,3-7H2,(H,18,19). The second-order valence-corrected chi connectivity index (χ2v) is 5.90. The Labute approximate surface area is 127 Å². The molecule has 1 aromatic carbocycles. The first-order chi connectivity index (χ1) is 8.99. The summed E-state index contributed by atoms with van der Waals surface area (Å²) in [6.45, 7) is 2.07. The first kappa shape index (κ1) is 14.9. The number of nitrogens with zero attached hydrogens (tertiary/aromatic N) is 1. The fourth-order valence-corrected chi connectivity index (χ4v) is 2.94. The van der Waals surface area contributed by atoms with Gasteiger partial charge < -0.3 is 5.11 Å². The van der Waals surface area contributed by atoms with Gasteiger partial charge in [0.2, 0.25) is 0 Å². The van der Waals surface area contributed by atoms with E-state index in [1.807, 2.05) is 0 Å². The molecule has 1 aliphatic rings. The van der Waals surface area contributed by atoms with Gasteiger partial charge in [0, 0.05) is 17.1 Å². The summed E-state index contributed by atoms with van der Waals surface area (Å²) >= 11 is 18.3. The van der Waals surface area contributed by atoms with Gasteiger partial charge in [-0.3, -0.25) is 9.69 Å². The van der Waals surface area contributed by atoms with Crippen LogP contribution in [-0.4, -0.2) is 29.1 Å². The molecular weight excluding hydrogens is 309 g/mol. The van der Waals surface area contributed by atoms with Crippen molar-refractivity contribution in [3.8, 4) is 0 Å². The summed E-state index contributed by atoms with van der Waals surface area (Å²) in [6, 6.07) is 3.40. The van der Waals surface area contributed by atoms with E-state index in [2.05, 4.69) is 4.90 Å². The minimum atomic E-state index is -0.710. The van der Waals surface area contributed by atoms with Crippen LogP contribution in [-0.2, 0) is 11.3 Å². The third-order valence-electron chi connectivity index (χ3n) is 3.46. The largest absolute Gasteiger partial charge is 0.481 e. The first-order valence-electron chi connectivity index (χ1n) is 6.06. The molecule has 0 atom stereocenters. The normalized spacial score (nSPS) is 17.6. The van der Waals surface area contributed by atoms with Gasteiger partial charge in [-0.25, -0.2) is 0 Å². The lowest BCUT2D eigenvalue weighted by Gasteiger charge is -2.30. The summed E-state index contributed by atoms with van der Waals surface area (Å²) in [5, 5.41) is 10.5. The minimum Gasteiger partial charge on any atom is -0.481 e. The molecule has 1 fully saturated rings. The Bertz CT molecular complexity index is 485. The maximum Gasteiger partial charge on any atom is 0.306 e. The number of hydrogen-bond acceptors (Lipinski definition) is 2. The van der Waals surface area contributed by atoms with E-state index < -0.39 is 5.97 Å². The molecule has 3 nitrogen and oxygen atoms in total. The molecule has 2 rings (SSSR count). The third-order valence-corrected chi connectivity index (χ3v) is 4.65. The quantitative estimate of drug-likeness (QED) is 0.857. The van der Waals surface area contributed by atoms with Gasteiger partial charge in [-0.1, -0.05) is 34.8 Å². The predicted octanol–water partition coefficient (Wildman–Crippen LogP) is 3.94. The number of carboxylic acids is 1. The van der Waals surface area contributed by atoms with Crippen molar-refractivity contribution in [2.24, 2.45) is 5.92 Å². The maximum absolute atomic E-state index is 10.9. The van der Waals surface area contributed by atoms with Crippen LogP contribution in [0, 0.1) is 5.92 Å². The molecule has 104 valence electrons. The molecular formula is C13H14Cl3NO2. The Morgan fingerprint density at radius 1 is 1.21 bits per heavy atom. The fourth-order valence-electron chi connectivity index (χ4n) is 2.28. The van der Waals surface area contributed by atoms with Gasteiger partial charge in [-0.05, 0) is 38.1 Å². The van der Waals surface area contributed by atoms with Gasteiger partial charge in [0.05, 0.1) is 16.0 Å². The number of carbonyl (C=O) groups is 1. The lowest BCUT2D eigenvalue weighted by Crippen LogP contribution is -2.35. The van der Waals surface area contributed by atoms with Crippen molar-refractivity contribution in [2.75, 3.05) is 13.1 Å². The van der Waals surface area contributed by atoms with Gasteiger partial charge in [0.15, 0.2) is 0 Å². The van der Waals surface area contributed by atoms with Gasteiger partial charge >= 0.3 is 5.97 Å². The van der Waals surface area contributed by atoms with Crippen molar-refractivity contribution in [2.45, 2.75) is 19.4 Å². The number of halogens is 3. The molecule has 6 heteroatoms. The van der Waals surface area contributed by atoms with E-state index in [4.69, 9.17) is 39.9 Å². The molecule has 0 amide bonds. The van der Waals surface area contributed by atoms with E-state index in [1.54, 1.807) is 12.1 Å². The molecule has 0 unspecified atom stereocenters. The zero-order valence-electron chi connectivity index (χ0n) is 10.2. The van der Waals surface area contributed by atoms with Gasteiger partial charge in [-0.2, -0.15) is 0 Å². The smallest absolute Gasteiger partial charge is 0.306 e. The Morgan fingerprint density at radius 3 is 2.37 bits per heavy atom. The molecule has 19 heavy (non-hydrogen) atoms. The molecule has 0 spiro atoms. The van der Waals surface area contributed by atoms with Crippen LogP contribution >= 0.6 is 34.8 Å². The summed E-state index contributed by atoms with van der Waals surface area (Å²) in [4.78, 5) is 13.0.